The smallest absolute Gasteiger partial charge is 0.416 e. The van der Waals surface area contributed by atoms with Gasteiger partial charge in [0.2, 0.25) is 0 Å². The van der Waals surface area contributed by atoms with Gasteiger partial charge in [-0.25, -0.2) is 8.42 Å². The molecule has 1 amide bonds. The van der Waals surface area contributed by atoms with Gasteiger partial charge in [0, 0.05) is 5.69 Å². The fourth-order valence-corrected chi connectivity index (χ4v) is 5.03. The highest BCUT2D eigenvalue weighted by molar-refractivity contribution is 7.92. The van der Waals surface area contributed by atoms with E-state index in [-0.39, 0.29) is 34.9 Å². The predicted octanol–water partition coefficient (Wildman–Crippen LogP) is 5.08. The van der Waals surface area contributed by atoms with Gasteiger partial charge in [-0.15, -0.1) is 0 Å². The van der Waals surface area contributed by atoms with Gasteiger partial charge in [0.15, 0.2) is 6.61 Å². The van der Waals surface area contributed by atoms with Crippen molar-refractivity contribution in [2.24, 2.45) is 0 Å². The number of amides is 1. The van der Waals surface area contributed by atoms with Crippen LogP contribution in [0.5, 0.6) is 5.75 Å². The van der Waals surface area contributed by atoms with Gasteiger partial charge in [0.25, 0.3) is 15.9 Å². The topological polar surface area (TPSA) is 84.5 Å². The van der Waals surface area contributed by atoms with Crippen molar-refractivity contribution in [1.82, 2.24) is 5.32 Å². The largest absolute Gasteiger partial charge is 0.484 e. The molecule has 1 aliphatic carbocycles. The molecule has 184 valence electrons. The van der Waals surface area contributed by atoms with Crippen molar-refractivity contribution in [2.45, 2.75) is 36.4 Å². The minimum atomic E-state index is -4.59. The summed E-state index contributed by atoms with van der Waals surface area (Å²) in [6, 6.07) is 17.1. The molecule has 3 aromatic carbocycles. The fourth-order valence-electron chi connectivity index (χ4n) is 3.98. The van der Waals surface area contributed by atoms with E-state index in [4.69, 9.17) is 4.74 Å². The van der Waals surface area contributed by atoms with Crippen LogP contribution in [-0.4, -0.2) is 20.9 Å². The zero-order chi connectivity index (χ0) is 25.1. The van der Waals surface area contributed by atoms with E-state index in [1.165, 1.54) is 35.9 Å². The second kappa shape index (κ2) is 9.99. The average molecular weight is 505 g/mol. The van der Waals surface area contributed by atoms with E-state index < -0.39 is 21.8 Å². The molecule has 0 saturated heterocycles. The average Bonchev–Trinajstić information content (AvgIpc) is 2.83. The van der Waals surface area contributed by atoms with Crippen LogP contribution in [0.3, 0.4) is 0 Å². The van der Waals surface area contributed by atoms with Crippen LogP contribution < -0.4 is 14.8 Å². The summed E-state index contributed by atoms with van der Waals surface area (Å²) >= 11 is 0. The van der Waals surface area contributed by atoms with Crippen molar-refractivity contribution in [3.05, 3.63) is 89.5 Å². The zero-order valence-electron chi connectivity index (χ0n) is 18.5. The number of nitrogens with one attached hydrogen (secondary N) is 2. The number of hydrogen-bond acceptors (Lipinski definition) is 4. The molecule has 35 heavy (non-hydrogen) atoms. The van der Waals surface area contributed by atoms with Crippen LogP contribution in [0.4, 0.5) is 18.9 Å². The van der Waals surface area contributed by atoms with Crippen LogP contribution in [0, 0.1) is 0 Å². The Hall–Kier alpha value is -3.53. The highest BCUT2D eigenvalue weighted by atomic mass is 32.2. The summed E-state index contributed by atoms with van der Waals surface area (Å²) < 4.78 is 71.4. The standard InChI is InChI=1S/C25H23F3N2O4S/c26-25(27,28)18-7-4-8-19(15-18)30-35(32,33)21-13-11-20(12-14-21)34-16-24(31)29-23-10-3-6-17-5-1-2-9-22(17)23/h1-2,4-5,7-9,11-15,23,30H,3,6,10,16H2,(H,29,31). The molecule has 3 aromatic rings. The van der Waals surface area contributed by atoms with E-state index in [0.717, 1.165) is 43.0 Å². The molecule has 4 rings (SSSR count). The quantitative estimate of drug-likeness (QED) is 0.470. The van der Waals surface area contributed by atoms with Crippen molar-refractivity contribution in [2.75, 3.05) is 11.3 Å². The number of carbonyl (C=O) groups excluding carboxylic acids is 1. The Morgan fingerprint density at radius 1 is 1.00 bits per heavy atom. The zero-order valence-corrected chi connectivity index (χ0v) is 19.3. The summed E-state index contributed by atoms with van der Waals surface area (Å²) in [6.45, 7) is -0.243. The highest BCUT2D eigenvalue weighted by Crippen LogP contribution is 2.31. The lowest BCUT2D eigenvalue weighted by Crippen LogP contribution is -2.34. The second-order valence-corrected chi connectivity index (χ2v) is 9.84. The number of aryl methyl sites for hydroxylation is 1. The molecule has 0 bridgehead atoms. The van der Waals surface area contributed by atoms with Crippen molar-refractivity contribution >= 4 is 21.6 Å². The highest BCUT2D eigenvalue weighted by Gasteiger charge is 2.30. The summed E-state index contributed by atoms with van der Waals surface area (Å²) in [5.41, 5.74) is 1.16. The number of carbonyl (C=O) groups is 1. The molecule has 1 unspecified atom stereocenters. The van der Waals surface area contributed by atoms with Crippen molar-refractivity contribution in [3.8, 4) is 5.75 Å². The molecule has 0 aliphatic heterocycles. The first-order chi connectivity index (χ1) is 16.6. The van der Waals surface area contributed by atoms with E-state index in [1.807, 2.05) is 18.2 Å². The monoisotopic (exact) mass is 504 g/mol. The maximum absolute atomic E-state index is 12.9. The molecule has 0 aromatic heterocycles. The molecule has 1 atom stereocenters. The number of fused-ring (bicyclic) bond motifs is 1. The summed E-state index contributed by atoms with van der Waals surface area (Å²) in [5, 5.41) is 2.97. The predicted molar refractivity (Wildman–Crippen MR) is 124 cm³/mol. The lowest BCUT2D eigenvalue weighted by atomic mass is 9.88. The number of anilines is 1. The van der Waals surface area contributed by atoms with Crippen LogP contribution in [-0.2, 0) is 27.4 Å². The number of ether oxygens (including phenoxy) is 1. The first kappa shape index (κ1) is 24.6. The van der Waals surface area contributed by atoms with E-state index >= 15 is 0 Å². The molecule has 6 nitrogen and oxygen atoms in total. The van der Waals surface area contributed by atoms with Gasteiger partial charge in [-0.2, -0.15) is 13.2 Å². The van der Waals surface area contributed by atoms with E-state index in [1.54, 1.807) is 0 Å². The molecule has 1 aliphatic rings. The Balaban J connectivity index is 1.35. The van der Waals surface area contributed by atoms with E-state index in [0.29, 0.717) is 0 Å². The van der Waals surface area contributed by atoms with Crippen LogP contribution in [0.2, 0.25) is 0 Å². The molecule has 0 spiro atoms. The van der Waals surface area contributed by atoms with Gasteiger partial charge in [-0.05, 0) is 72.9 Å². The molecular weight excluding hydrogens is 481 g/mol. The minimum Gasteiger partial charge on any atom is -0.484 e. The molecule has 2 N–H and O–H groups in total. The maximum atomic E-state index is 12.9. The second-order valence-electron chi connectivity index (χ2n) is 8.16. The molecule has 10 heteroatoms. The fraction of sp³-hybridized carbons (Fsp3) is 0.240. The Morgan fingerprint density at radius 3 is 2.49 bits per heavy atom. The Bertz CT molecular complexity index is 1310. The summed E-state index contributed by atoms with van der Waals surface area (Å²) in [6.07, 6.45) is -1.79. The number of rotatable bonds is 7. The lowest BCUT2D eigenvalue weighted by molar-refractivity contribution is -0.137. The van der Waals surface area contributed by atoms with Gasteiger partial charge in [0.1, 0.15) is 5.75 Å². The van der Waals surface area contributed by atoms with Gasteiger partial charge >= 0.3 is 6.18 Å². The first-order valence-electron chi connectivity index (χ1n) is 10.9. The number of alkyl halides is 3. The summed E-state index contributed by atoms with van der Waals surface area (Å²) in [4.78, 5) is 12.2. The minimum absolute atomic E-state index is 0.0782. The molecule has 0 fully saturated rings. The van der Waals surface area contributed by atoms with Gasteiger partial charge in [0.05, 0.1) is 16.5 Å². The van der Waals surface area contributed by atoms with Crippen LogP contribution in [0.25, 0.3) is 0 Å². The molecule has 0 saturated carbocycles. The summed E-state index contributed by atoms with van der Waals surface area (Å²) in [7, 11) is -4.12. The van der Waals surface area contributed by atoms with Crippen molar-refractivity contribution in [1.29, 1.82) is 0 Å². The Kier molecular flexibility index (Phi) is 7.02. The normalized spacial score (nSPS) is 15.7. The molecule has 0 radical (unpaired) electrons. The van der Waals surface area contributed by atoms with Crippen molar-refractivity contribution < 1.29 is 31.1 Å². The van der Waals surface area contributed by atoms with Gasteiger partial charge in [-0.1, -0.05) is 30.3 Å². The molecular formula is C25H23F3N2O4S. The van der Waals surface area contributed by atoms with E-state index in [9.17, 15) is 26.4 Å². The van der Waals surface area contributed by atoms with Crippen LogP contribution in [0.1, 0.15) is 35.6 Å². The Morgan fingerprint density at radius 2 is 1.74 bits per heavy atom. The van der Waals surface area contributed by atoms with Crippen LogP contribution in [0.15, 0.2) is 77.7 Å². The third kappa shape index (κ3) is 6.13. The SMILES string of the molecule is O=C(COc1ccc(S(=O)(=O)Nc2cccc(C(F)(F)F)c2)cc1)NC1CCCc2ccccc21. The van der Waals surface area contributed by atoms with Crippen molar-refractivity contribution in [3.63, 3.8) is 0 Å². The number of hydrogen-bond donors (Lipinski definition) is 2. The number of halogens is 3. The Labute approximate surface area is 201 Å². The van der Waals surface area contributed by atoms with E-state index in [2.05, 4.69) is 16.1 Å². The first-order valence-corrected chi connectivity index (χ1v) is 12.4. The number of sulfonamides is 1. The third-order valence-electron chi connectivity index (χ3n) is 5.65. The van der Waals surface area contributed by atoms with Gasteiger partial charge in [-0.3, -0.25) is 9.52 Å². The maximum Gasteiger partial charge on any atom is 0.416 e. The number of benzene rings is 3. The lowest BCUT2D eigenvalue weighted by Gasteiger charge is -2.26. The molecule has 0 heterocycles. The van der Waals surface area contributed by atoms with Crippen LogP contribution >= 0.6 is 0 Å². The third-order valence-corrected chi connectivity index (χ3v) is 7.05. The van der Waals surface area contributed by atoms with Gasteiger partial charge < -0.3 is 10.1 Å². The summed E-state index contributed by atoms with van der Waals surface area (Å²) in [5.74, 6) is -0.0168.